The van der Waals surface area contributed by atoms with Gasteiger partial charge in [0.2, 0.25) is 0 Å². The van der Waals surface area contributed by atoms with Crippen LogP contribution in [0.25, 0.3) is 11.3 Å². The van der Waals surface area contributed by atoms with E-state index in [1.807, 2.05) is 0 Å². The summed E-state index contributed by atoms with van der Waals surface area (Å²) in [4.78, 5) is 15.3. The van der Waals surface area contributed by atoms with Crippen molar-refractivity contribution in [2.24, 2.45) is 5.73 Å². The third-order valence-corrected chi connectivity index (χ3v) is 2.15. The van der Waals surface area contributed by atoms with E-state index >= 15 is 0 Å². The lowest BCUT2D eigenvalue weighted by Gasteiger charge is -2.02. The Hall–Kier alpha value is -2.17. The number of primary amides is 1. The molecule has 15 heavy (non-hydrogen) atoms. The van der Waals surface area contributed by atoms with Crippen LogP contribution in [0.3, 0.4) is 0 Å². The second-order valence-corrected chi connectivity index (χ2v) is 3.18. The van der Waals surface area contributed by atoms with Crippen LogP contribution in [0.4, 0.5) is 0 Å². The second-order valence-electron chi connectivity index (χ2n) is 3.18. The van der Waals surface area contributed by atoms with Crippen molar-refractivity contribution in [1.82, 2.24) is 15.2 Å². The molecule has 0 bridgehead atoms. The topological polar surface area (TPSA) is 84.7 Å². The molecule has 76 valence electrons. The van der Waals surface area contributed by atoms with Gasteiger partial charge in [-0.05, 0) is 19.1 Å². The molecule has 5 nitrogen and oxygen atoms in total. The van der Waals surface area contributed by atoms with Crippen molar-refractivity contribution in [2.45, 2.75) is 6.92 Å². The maximum absolute atomic E-state index is 11.0. The number of nitrogens with zero attached hydrogens (tertiary/aromatic N) is 2. The monoisotopic (exact) mass is 202 g/mol. The molecule has 5 heteroatoms. The van der Waals surface area contributed by atoms with Crippen LogP contribution in [0, 0.1) is 6.92 Å². The van der Waals surface area contributed by atoms with E-state index in [2.05, 4.69) is 15.2 Å². The van der Waals surface area contributed by atoms with Crippen molar-refractivity contribution in [2.75, 3.05) is 0 Å². The highest BCUT2D eigenvalue weighted by molar-refractivity contribution is 5.94. The summed E-state index contributed by atoms with van der Waals surface area (Å²) in [7, 11) is 0. The predicted octanol–water partition coefficient (Wildman–Crippen LogP) is 0.879. The standard InChI is InChI=1S/C10H10N4O/c1-6-8(10(11)15)2-3-9(14-6)7-4-12-13-5-7/h2-5H,1H3,(H2,11,15)(H,12,13). The van der Waals surface area contributed by atoms with Crippen molar-refractivity contribution < 1.29 is 4.79 Å². The van der Waals surface area contributed by atoms with E-state index in [-0.39, 0.29) is 0 Å². The van der Waals surface area contributed by atoms with Gasteiger partial charge in [0.1, 0.15) is 0 Å². The first-order chi connectivity index (χ1) is 7.18. The third-order valence-electron chi connectivity index (χ3n) is 2.15. The van der Waals surface area contributed by atoms with Crippen molar-refractivity contribution in [3.63, 3.8) is 0 Å². The van der Waals surface area contributed by atoms with Crippen LogP contribution >= 0.6 is 0 Å². The molecular formula is C10H10N4O. The minimum absolute atomic E-state index is 0.447. The molecule has 2 aromatic heterocycles. The summed E-state index contributed by atoms with van der Waals surface area (Å²) in [6.07, 6.45) is 3.41. The highest BCUT2D eigenvalue weighted by atomic mass is 16.1. The lowest BCUT2D eigenvalue weighted by atomic mass is 10.1. The van der Waals surface area contributed by atoms with E-state index in [1.165, 1.54) is 0 Å². The normalized spacial score (nSPS) is 10.2. The third kappa shape index (κ3) is 1.71. The molecule has 0 aliphatic heterocycles. The number of nitrogens with two attached hydrogens (primary N) is 1. The fourth-order valence-corrected chi connectivity index (χ4v) is 1.37. The molecular weight excluding hydrogens is 192 g/mol. The minimum Gasteiger partial charge on any atom is -0.366 e. The van der Waals surface area contributed by atoms with Gasteiger partial charge in [-0.15, -0.1) is 0 Å². The van der Waals surface area contributed by atoms with Gasteiger partial charge in [-0.25, -0.2) is 0 Å². The highest BCUT2D eigenvalue weighted by Gasteiger charge is 2.08. The van der Waals surface area contributed by atoms with Crippen molar-refractivity contribution in [3.05, 3.63) is 35.8 Å². The summed E-state index contributed by atoms with van der Waals surface area (Å²) >= 11 is 0. The Kier molecular flexibility index (Phi) is 2.21. The maximum atomic E-state index is 11.0. The molecule has 0 saturated carbocycles. The van der Waals surface area contributed by atoms with Gasteiger partial charge in [0.25, 0.3) is 5.91 Å². The van der Waals surface area contributed by atoms with Crippen LogP contribution in [0.5, 0.6) is 0 Å². The van der Waals surface area contributed by atoms with Gasteiger partial charge in [0, 0.05) is 11.8 Å². The summed E-state index contributed by atoms with van der Waals surface area (Å²) in [6, 6.07) is 3.42. The minimum atomic E-state index is -0.459. The summed E-state index contributed by atoms with van der Waals surface area (Å²) in [5, 5.41) is 6.53. The number of aromatic nitrogens is 3. The number of H-pyrrole nitrogens is 1. The summed E-state index contributed by atoms with van der Waals surface area (Å²) in [5.41, 5.74) is 7.91. The molecule has 0 atom stereocenters. The van der Waals surface area contributed by atoms with Crippen LogP contribution < -0.4 is 5.73 Å². The Morgan fingerprint density at radius 3 is 2.80 bits per heavy atom. The largest absolute Gasteiger partial charge is 0.366 e. The molecule has 0 saturated heterocycles. The van der Waals surface area contributed by atoms with Crippen LogP contribution in [0.1, 0.15) is 16.1 Å². The second kappa shape index (κ2) is 3.53. The zero-order valence-electron chi connectivity index (χ0n) is 8.19. The molecule has 0 spiro atoms. The first kappa shape index (κ1) is 9.39. The van der Waals surface area contributed by atoms with E-state index in [1.54, 1.807) is 31.5 Å². The number of aromatic amines is 1. The van der Waals surface area contributed by atoms with Gasteiger partial charge in [-0.3, -0.25) is 14.9 Å². The Labute approximate surface area is 86.3 Å². The lowest BCUT2D eigenvalue weighted by molar-refractivity contribution is 0.0999. The molecule has 0 aliphatic rings. The fraction of sp³-hybridized carbons (Fsp3) is 0.100. The molecule has 2 aromatic rings. The van der Waals surface area contributed by atoms with E-state index in [4.69, 9.17) is 5.73 Å². The Bertz CT molecular complexity index is 490. The molecule has 1 amide bonds. The maximum Gasteiger partial charge on any atom is 0.250 e. The first-order valence-corrected chi connectivity index (χ1v) is 4.45. The summed E-state index contributed by atoms with van der Waals surface area (Å²) < 4.78 is 0. The molecule has 0 fully saturated rings. The smallest absolute Gasteiger partial charge is 0.250 e. The zero-order chi connectivity index (χ0) is 10.8. The molecule has 2 heterocycles. The van der Waals surface area contributed by atoms with Crippen LogP contribution in [0.15, 0.2) is 24.5 Å². The van der Waals surface area contributed by atoms with Crippen molar-refractivity contribution in [1.29, 1.82) is 0 Å². The quantitative estimate of drug-likeness (QED) is 0.758. The average molecular weight is 202 g/mol. The first-order valence-electron chi connectivity index (χ1n) is 4.45. The summed E-state index contributed by atoms with van der Waals surface area (Å²) in [5.74, 6) is -0.459. The van der Waals surface area contributed by atoms with Gasteiger partial charge >= 0.3 is 0 Å². The number of hydrogen-bond acceptors (Lipinski definition) is 3. The van der Waals surface area contributed by atoms with Gasteiger partial charge in [0.15, 0.2) is 0 Å². The highest BCUT2D eigenvalue weighted by Crippen LogP contribution is 2.16. The zero-order valence-corrected chi connectivity index (χ0v) is 8.19. The van der Waals surface area contributed by atoms with Crippen molar-refractivity contribution >= 4 is 5.91 Å². The number of carbonyl (C=O) groups excluding carboxylic acids is 1. The van der Waals surface area contributed by atoms with Crippen LogP contribution in [0.2, 0.25) is 0 Å². The number of carbonyl (C=O) groups is 1. The number of amides is 1. The number of aryl methyl sites for hydroxylation is 1. The van der Waals surface area contributed by atoms with Gasteiger partial charge < -0.3 is 5.73 Å². The number of hydrogen-bond donors (Lipinski definition) is 2. The van der Waals surface area contributed by atoms with Crippen LogP contribution in [-0.4, -0.2) is 21.1 Å². The molecule has 0 aromatic carbocycles. The lowest BCUT2D eigenvalue weighted by Crippen LogP contribution is -2.13. The van der Waals surface area contributed by atoms with E-state index in [0.29, 0.717) is 11.3 Å². The van der Waals surface area contributed by atoms with Crippen molar-refractivity contribution in [3.8, 4) is 11.3 Å². The van der Waals surface area contributed by atoms with E-state index in [0.717, 1.165) is 11.3 Å². The van der Waals surface area contributed by atoms with Gasteiger partial charge in [-0.1, -0.05) is 0 Å². The van der Waals surface area contributed by atoms with Crippen LogP contribution in [-0.2, 0) is 0 Å². The molecule has 3 N–H and O–H groups in total. The van der Waals surface area contributed by atoms with E-state index in [9.17, 15) is 4.79 Å². The molecule has 2 rings (SSSR count). The van der Waals surface area contributed by atoms with E-state index < -0.39 is 5.91 Å². The average Bonchev–Trinajstić information content (AvgIpc) is 2.69. The number of pyridine rings is 1. The predicted molar refractivity (Wildman–Crippen MR) is 55.1 cm³/mol. The molecule has 0 radical (unpaired) electrons. The van der Waals surface area contributed by atoms with Gasteiger partial charge in [0.05, 0.1) is 23.1 Å². The van der Waals surface area contributed by atoms with Gasteiger partial charge in [-0.2, -0.15) is 5.10 Å². The Morgan fingerprint density at radius 1 is 1.47 bits per heavy atom. The molecule has 0 aliphatic carbocycles. The molecule has 0 unspecified atom stereocenters. The Morgan fingerprint density at radius 2 is 2.27 bits per heavy atom. The Balaban J connectivity index is 2.47. The number of nitrogens with one attached hydrogen (secondary N) is 1. The SMILES string of the molecule is Cc1nc(-c2cn[nH]c2)ccc1C(N)=O. The summed E-state index contributed by atoms with van der Waals surface area (Å²) in [6.45, 7) is 1.75. The number of rotatable bonds is 2. The fourth-order valence-electron chi connectivity index (χ4n) is 1.37.